The van der Waals surface area contributed by atoms with Gasteiger partial charge in [0, 0.05) is 19.6 Å². The van der Waals surface area contributed by atoms with Crippen LogP contribution in [-0.2, 0) is 4.74 Å². The fourth-order valence-corrected chi connectivity index (χ4v) is 2.26. The highest BCUT2D eigenvalue weighted by Crippen LogP contribution is 2.18. The van der Waals surface area contributed by atoms with Gasteiger partial charge in [-0.3, -0.25) is 4.90 Å². The van der Waals surface area contributed by atoms with Crippen LogP contribution in [0.5, 0.6) is 0 Å². The third-order valence-corrected chi connectivity index (χ3v) is 3.58. The highest BCUT2D eigenvalue weighted by molar-refractivity contribution is 6.31. The van der Waals surface area contributed by atoms with Gasteiger partial charge in [-0.05, 0) is 26.8 Å². The van der Waals surface area contributed by atoms with Gasteiger partial charge < -0.3 is 10.1 Å². The third-order valence-electron chi connectivity index (χ3n) is 3.31. The average Bonchev–Trinajstić information content (AvgIpc) is 2.41. The van der Waals surface area contributed by atoms with E-state index in [0.29, 0.717) is 11.0 Å². The maximum absolute atomic E-state index is 6.07. The minimum Gasteiger partial charge on any atom is -0.379 e. The summed E-state index contributed by atoms with van der Waals surface area (Å²) in [5, 5.41) is 3.71. The van der Waals surface area contributed by atoms with Gasteiger partial charge in [0.05, 0.1) is 24.6 Å². The predicted molar refractivity (Wildman–Crippen MR) is 76.9 cm³/mol. The van der Waals surface area contributed by atoms with Crippen molar-refractivity contribution in [2.24, 2.45) is 0 Å². The Balaban J connectivity index is 1.74. The van der Waals surface area contributed by atoms with Crippen molar-refractivity contribution >= 4 is 17.4 Å². The lowest BCUT2D eigenvalue weighted by Gasteiger charge is -2.26. The molecule has 0 aromatic carbocycles. The fraction of sp³-hybridized carbons (Fsp3) is 0.692. The van der Waals surface area contributed by atoms with E-state index in [2.05, 4.69) is 20.2 Å². The normalized spacial score (nSPS) is 16.6. The number of aromatic nitrogens is 2. The second-order valence-corrected chi connectivity index (χ2v) is 5.13. The van der Waals surface area contributed by atoms with Crippen molar-refractivity contribution in [2.45, 2.75) is 20.3 Å². The van der Waals surface area contributed by atoms with Crippen LogP contribution in [0.1, 0.15) is 17.8 Å². The minimum absolute atomic E-state index is 0.453. The topological polar surface area (TPSA) is 50.3 Å². The van der Waals surface area contributed by atoms with Crippen LogP contribution in [0.2, 0.25) is 5.15 Å². The van der Waals surface area contributed by atoms with Crippen molar-refractivity contribution in [2.75, 3.05) is 44.7 Å². The Morgan fingerprint density at radius 3 is 2.63 bits per heavy atom. The van der Waals surface area contributed by atoms with Crippen molar-refractivity contribution in [3.8, 4) is 0 Å². The van der Waals surface area contributed by atoms with Crippen molar-refractivity contribution in [3.63, 3.8) is 0 Å². The van der Waals surface area contributed by atoms with E-state index in [9.17, 15) is 0 Å². The minimum atomic E-state index is 0.453. The summed E-state index contributed by atoms with van der Waals surface area (Å²) in [6, 6.07) is 0. The number of ether oxygens (including phenoxy) is 1. The standard InChI is InChI=1S/C13H21ClN4O/c1-10-11(2)17-13(12(14)16-10)15-4-3-5-18-6-8-19-9-7-18/h3-9H2,1-2H3,(H,15,17). The van der Waals surface area contributed by atoms with Crippen molar-refractivity contribution in [3.05, 3.63) is 16.5 Å². The third kappa shape index (κ3) is 4.30. The number of rotatable bonds is 5. The van der Waals surface area contributed by atoms with E-state index in [0.717, 1.165) is 57.2 Å². The molecule has 6 heteroatoms. The van der Waals surface area contributed by atoms with Crippen LogP contribution < -0.4 is 5.32 Å². The second kappa shape index (κ2) is 7.03. The van der Waals surface area contributed by atoms with Crippen LogP contribution >= 0.6 is 11.6 Å². The molecule has 1 aliphatic heterocycles. The van der Waals surface area contributed by atoms with Crippen molar-refractivity contribution < 1.29 is 4.74 Å². The van der Waals surface area contributed by atoms with Gasteiger partial charge in [0.2, 0.25) is 0 Å². The first kappa shape index (κ1) is 14.5. The van der Waals surface area contributed by atoms with Gasteiger partial charge in [0.15, 0.2) is 11.0 Å². The first-order chi connectivity index (χ1) is 9.16. The Hall–Kier alpha value is -0.910. The van der Waals surface area contributed by atoms with Crippen molar-refractivity contribution in [1.29, 1.82) is 0 Å². The highest BCUT2D eigenvalue weighted by atomic mass is 35.5. The van der Waals surface area contributed by atoms with Gasteiger partial charge in [0.25, 0.3) is 0 Å². The van der Waals surface area contributed by atoms with Crippen molar-refractivity contribution in [1.82, 2.24) is 14.9 Å². The maximum Gasteiger partial charge on any atom is 0.171 e. The number of morpholine rings is 1. The zero-order valence-corrected chi connectivity index (χ0v) is 12.3. The number of aryl methyl sites for hydroxylation is 2. The van der Waals surface area contributed by atoms with E-state index >= 15 is 0 Å². The van der Waals surface area contributed by atoms with E-state index in [1.807, 2.05) is 13.8 Å². The molecule has 1 fully saturated rings. The van der Waals surface area contributed by atoms with Crippen LogP contribution in [0.15, 0.2) is 0 Å². The molecule has 0 unspecified atom stereocenters. The molecule has 0 amide bonds. The molecule has 5 nitrogen and oxygen atoms in total. The molecule has 1 aliphatic rings. The summed E-state index contributed by atoms with van der Waals surface area (Å²) in [5.41, 5.74) is 1.80. The molecule has 0 bridgehead atoms. The Morgan fingerprint density at radius 2 is 1.89 bits per heavy atom. The summed E-state index contributed by atoms with van der Waals surface area (Å²) in [7, 11) is 0. The second-order valence-electron chi connectivity index (χ2n) is 4.77. The maximum atomic E-state index is 6.07. The zero-order chi connectivity index (χ0) is 13.7. The highest BCUT2D eigenvalue weighted by Gasteiger charge is 2.10. The first-order valence-corrected chi connectivity index (χ1v) is 7.09. The van der Waals surface area contributed by atoms with Gasteiger partial charge in [0.1, 0.15) is 0 Å². The molecule has 0 saturated carbocycles. The van der Waals surface area contributed by atoms with E-state index < -0.39 is 0 Å². The number of hydrogen-bond acceptors (Lipinski definition) is 5. The molecule has 1 aromatic rings. The summed E-state index contributed by atoms with van der Waals surface area (Å²) >= 11 is 6.07. The SMILES string of the molecule is Cc1nc(Cl)c(NCCCN2CCOCC2)nc1C. The van der Waals surface area contributed by atoms with E-state index in [-0.39, 0.29) is 0 Å². The van der Waals surface area contributed by atoms with Crippen LogP contribution in [0.3, 0.4) is 0 Å². The lowest BCUT2D eigenvalue weighted by Crippen LogP contribution is -2.37. The van der Waals surface area contributed by atoms with Crippen LogP contribution in [0.25, 0.3) is 0 Å². The summed E-state index contributed by atoms with van der Waals surface area (Å²) < 4.78 is 5.32. The van der Waals surface area contributed by atoms with Crippen LogP contribution in [0.4, 0.5) is 5.82 Å². The Bertz CT molecular complexity index is 421. The van der Waals surface area contributed by atoms with Gasteiger partial charge in [-0.15, -0.1) is 0 Å². The molecule has 106 valence electrons. The molecule has 2 rings (SSSR count). The summed E-state index contributed by atoms with van der Waals surface area (Å²) in [6.45, 7) is 9.55. The molecular formula is C13H21ClN4O. The van der Waals surface area contributed by atoms with E-state index in [1.54, 1.807) is 0 Å². The van der Waals surface area contributed by atoms with Gasteiger partial charge in [-0.25, -0.2) is 9.97 Å². The molecule has 0 aliphatic carbocycles. The van der Waals surface area contributed by atoms with Gasteiger partial charge in [-0.2, -0.15) is 0 Å². The van der Waals surface area contributed by atoms with Crippen LogP contribution in [0, 0.1) is 13.8 Å². The monoisotopic (exact) mass is 284 g/mol. The number of hydrogen-bond donors (Lipinski definition) is 1. The quantitative estimate of drug-likeness (QED) is 0.837. The molecule has 1 aromatic heterocycles. The molecule has 0 spiro atoms. The fourth-order valence-electron chi connectivity index (χ4n) is 2.02. The number of halogens is 1. The Kier molecular flexibility index (Phi) is 5.36. The first-order valence-electron chi connectivity index (χ1n) is 6.71. The molecule has 1 N–H and O–H groups in total. The lowest BCUT2D eigenvalue weighted by molar-refractivity contribution is 0.0378. The average molecular weight is 285 g/mol. The molecule has 0 radical (unpaired) electrons. The molecular weight excluding hydrogens is 264 g/mol. The molecule has 19 heavy (non-hydrogen) atoms. The summed E-state index contributed by atoms with van der Waals surface area (Å²) in [4.78, 5) is 11.1. The number of nitrogens with zero attached hydrogens (tertiary/aromatic N) is 3. The molecule has 1 saturated heterocycles. The molecule has 2 heterocycles. The lowest BCUT2D eigenvalue weighted by atomic mass is 10.3. The number of nitrogens with one attached hydrogen (secondary N) is 1. The summed E-state index contributed by atoms with van der Waals surface area (Å²) in [5.74, 6) is 0.687. The number of anilines is 1. The summed E-state index contributed by atoms with van der Waals surface area (Å²) in [6.07, 6.45) is 1.06. The zero-order valence-electron chi connectivity index (χ0n) is 11.6. The van der Waals surface area contributed by atoms with Gasteiger partial charge in [-0.1, -0.05) is 11.6 Å². The Morgan fingerprint density at radius 1 is 1.21 bits per heavy atom. The molecule has 0 atom stereocenters. The predicted octanol–water partition coefficient (Wildman–Crippen LogP) is 1.88. The Labute approximate surface area is 119 Å². The van der Waals surface area contributed by atoms with Gasteiger partial charge >= 0.3 is 0 Å². The van der Waals surface area contributed by atoms with E-state index in [4.69, 9.17) is 16.3 Å². The van der Waals surface area contributed by atoms with E-state index in [1.165, 1.54) is 0 Å². The largest absolute Gasteiger partial charge is 0.379 e. The smallest absolute Gasteiger partial charge is 0.171 e. The van der Waals surface area contributed by atoms with Crippen LogP contribution in [-0.4, -0.2) is 54.3 Å².